The summed E-state index contributed by atoms with van der Waals surface area (Å²) in [6.45, 7) is 4.14. The molecule has 0 aliphatic carbocycles. The molecule has 5 rings (SSSR count). The van der Waals surface area contributed by atoms with Crippen LogP contribution in [-0.2, 0) is 0 Å². The average Bonchev–Trinajstić information content (AvgIpc) is 2.91. The van der Waals surface area contributed by atoms with Gasteiger partial charge in [0.15, 0.2) is 5.75 Å². The Kier molecular flexibility index (Phi) is 7.13. The highest BCUT2D eigenvalue weighted by molar-refractivity contribution is 6.25. The van der Waals surface area contributed by atoms with E-state index in [2.05, 4.69) is 9.80 Å². The number of hydrogen-bond donors (Lipinski definition) is 1. The lowest BCUT2D eigenvalue weighted by atomic mass is 9.94. The number of aliphatic hydroxyl groups is 1. The van der Waals surface area contributed by atoms with Crippen LogP contribution in [0.2, 0.25) is 0 Å². The van der Waals surface area contributed by atoms with Crippen molar-refractivity contribution in [1.29, 1.82) is 0 Å². The quantitative estimate of drug-likeness (QED) is 0.268. The van der Waals surface area contributed by atoms with Crippen LogP contribution in [0.25, 0.3) is 10.8 Å². The van der Waals surface area contributed by atoms with E-state index in [1.165, 1.54) is 17.0 Å². The Morgan fingerprint density at radius 2 is 1.49 bits per heavy atom. The average molecular weight is 505 g/mol. The summed E-state index contributed by atoms with van der Waals surface area (Å²) in [5, 5.41) is 23.1. The number of benzene rings is 3. The molecule has 3 aromatic carbocycles. The van der Waals surface area contributed by atoms with E-state index < -0.39 is 11.0 Å². The van der Waals surface area contributed by atoms with Gasteiger partial charge in [0.2, 0.25) is 0 Å². The second-order valence-corrected chi connectivity index (χ2v) is 9.30. The largest absolute Gasteiger partial charge is 0.484 e. The number of nitro groups is 1. The molecule has 0 bridgehead atoms. The number of hydrogen-bond acceptors (Lipinski definition) is 8. The Hall–Kier alpha value is -3.86. The Bertz CT molecular complexity index is 1290. The number of para-hydroxylation sites is 2. The van der Waals surface area contributed by atoms with E-state index >= 15 is 0 Å². The van der Waals surface area contributed by atoms with Crippen LogP contribution < -0.4 is 4.74 Å². The molecule has 37 heavy (non-hydrogen) atoms. The minimum atomic E-state index is -0.794. The molecule has 1 N–H and O–H groups in total. The lowest BCUT2D eigenvalue weighted by Crippen LogP contribution is -2.51. The second kappa shape index (κ2) is 10.6. The van der Waals surface area contributed by atoms with Crippen LogP contribution in [-0.4, -0.2) is 95.1 Å². The molecule has 2 heterocycles. The zero-order valence-corrected chi connectivity index (χ0v) is 20.3. The lowest BCUT2D eigenvalue weighted by molar-refractivity contribution is -0.385. The predicted molar refractivity (Wildman–Crippen MR) is 137 cm³/mol. The standard InChI is InChI=1S/C27H28N4O6/c32-20(18-37-24-10-2-1-9-23(24)31(35)36)17-29-13-11-28(12-14-29)15-16-30-26(33)21-7-3-5-19-6-4-8-22(25(19)21)27(30)34/h1-10,20,32H,11-18H2/t20-/m1/s1. The van der Waals surface area contributed by atoms with Crippen LogP contribution in [0.4, 0.5) is 5.69 Å². The first-order valence-electron chi connectivity index (χ1n) is 12.3. The van der Waals surface area contributed by atoms with E-state index in [0.717, 1.165) is 23.9 Å². The number of aliphatic hydroxyl groups excluding tert-OH is 1. The Labute approximate surface area is 213 Å². The molecule has 0 radical (unpaired) electrons. The molecule has 0 spiro atoms. The van der Waals surface area contributed by atoms with Crippen LogP contribution in [0.15, 0.2) is 60.7 Å². The zero-order chi connectivity index (χ0) is 25.9. The number of imide groups is 1. The molecule has 2 aliphatic rings. The summed E-state index contributed by atoms with van der Waals surface area (Å²) in [5.41, 5.74) is 0.998. The first kappa shape index (κ1) is 24.8. The van der Waals surface area contributed by atoms with Gasteiger partial charge in [-0.3, -0.25) is 34.4 Å². The van der Waals surface area contributed by atoms with Gasteiger partial charge in [-0.15, -0.1) is 0 Å². The third kappa shape index (κ3) is 5.17. The molecule has 3 aromatic rings. The van der Waals surface area contributed by atoms with Crippen molar-refractivity contribution in [2.75, 3.05) is 52.4 Å². The van der Waals surface area contributed by atoms with Gasteiger partial charge in [0, 0.05) is 68.4 Å². The van der Waals surface area contributed by atoms with Crippen molar-refractivity contribution in [3.63, 3.8) is 0 Å². The fraction of sp³-hybridized carbons (Fsp3) is 0.333. The van der Waals surface area contributed by atoms with Crippen molar-refractivity contribution in [3.8, 4) is 5.75 Å². The van der Waals surface area contributed by atoms with E-state index in [-0.39, 0.29) is 29.9 Å². The van der Waals surface area contributed by atoms with Crippen molar-refractivity contribution in [3.05, 3.63) is 81.9 Å². The molecule has 10 nitrogen and oxygen atoms in total. The topological polar surface area (TPSA) is 116 Å². The molecular weight excluding hydrogens is 476 g/mol. The van der Waals surface area contributed by atoms with Crippen molar-refractivity contribution in [2.24, 2.45) is 0 Å². The van der Waals surface area contributed by atoms with Gasteiger partial charge >= 0.3 is 5.69 Å². The normalized spacial score (nSPS) is 17.3. The summed E-state index contributed by atoms with van der Waals surface area (Å²) in [4.78, 5) is 42.4. The first-order chi connectivity index (χ1) is 17.9. The smallest absolute Gasteiger partial charge is 0.310 e. The summed E-state index contributed by atoms with van der Waals surface area (Å²) in [5.74, 6) is -0.374. The minimum Gasteiger partial charge on any atom is -0.484 e. The number of nitro benzene ring substituents is 1. The summed E-state index contributed by atoms with van der Waals surface area (Å²) in [7, 11) is 0. The lowest BCUT2D eigenvalue weighted by Gasteiger charge is -2.36. The highest BCUT2D eigenvalue weighted by Gasteiger charge is 2.33. The third-order valence-corrected chi connectivity index (χ3v) is 6.92. The number of ether oxygens (including phenoxy) is 1. The molecule has 1 fully saturated rings. The van der Waals surface area contributed by atoms with Gasteiger partial charge in [0.05, 0.1) is 4.92 Å². The Morgan fingerprint density at radius 3 is 2.14 bits per heavy atom. The van der Waals surface area contributed by atoms with Crippen molar-refractivity contribution in [1.82, 2.24) is 14.7 Å². The number of amides is 2. The maximum absolute atomic E-state index is 13.1. The number of rotatable bonds is 9. The highest BCUT2D eigenvalue weighted by atomic mass is 16.6. The summed E-state index contributed by atoms with van der Waals surface area (Å²) in [6.07, 6.45) is -0.794. The minimum absolute atomic E-state index is 0.0432. The van der Waals surface area contributed by atoms with Gasteiger partial charge in [0.1, 0.15) is 12.7 Å². The van der Waals surface area contributed by atoms with Gasteiger partial charge in [-0.05, 0) is 23.6 Å². The molecular formula is C27H28N4O6. The van der Waals surface area contributed by atoms with Gasteiger partial charge < -0.3 is 9.84 Å². The van der Waals surface area contributed by atoms with Crippen LogP contribution in [0.3, 0.4) is 0 Å². The van der Waals surface area contributed by atoms with E-state index in [1.807, 2.05) is 24.3 Å². The molecule has 1 atom stereocenters. The van der Waals surface area contributed by atoms with E-state index in [9.17, 15) is 24.8 Å². The monoisotopic (exact) mass is 504 g/mol. The van der Waals surface area contributed by atoms with Crippen molar-refractivity contribution in [2.45, 2.75) is 6.10 Å². The summed E-state index contributed by atoms with van der Waals surface area (Å²) in [6, 6.07) is 17.1. The molecule has 0 saturated carbocycles. The zero-order valence-electron chi connectivity index (χ0n) is 20.3. The predicted octanol–water partition coefficient (Wildman–Crippen LogP) is 2.40. The van der Waals surface area contributed by atoms with E-state index in [0.29, 0.717) is 43.9 Å². The molecule has 2 aliphatic heterocycles. The number of β-amino-alcohol motifs (C(OH)–C–C–N with tert-alkyl or cyclic N) is 1. The number of piperazine rings is 1. The van der Waals surface area contributed by atoms with Gasteiger partial charge in [-0.1, -0.05) is 36.4 Å². The van der Waals surface area contributed by atoms with E-state index in [1.54, 1.807) is 24.3 Å². The van der Waals surface area contributed by atoms with Gasteiger partial charge in [-0.25, -0.2) is 0 Å². The van der Waals surface area contributed by atoms with E-state index in [4.69, 9.17) is 4.74 Å². The molecule has 1 saturated heterocycles. The maximum Gasteiger partial charge on any atom is 0.310 e. The second-order valence-electron chi connectivity index (χ2n) is 9.30. The number of carbonyl (C=O) groups is 2. The maximum atomic E-state index is 13.1. The van der Waals surface area contributed by atoms with Crippen LogP contribution in [0.5, 0.6) is 5.75 Å². The fourth-order valence-corrected chi connectivity index (χ4v) is 4.99. The first-order valence-corrected chi connectivity index (χ1v) is 12.3. The van der Waals surface area contributed by atoms with Crippen LogP contribution >= 0.6 is 0 Å². The summed E-state index contributed by atoms with van der Waals surface area (Å²) < 4.78 is 5.50. The van der Waals surface area contributed by atoms with Crippen molar-refractivity contribution < 1.29 is 24.4 Å². The Morgan fingerprint density at radius 1 is 0.865 bits per heavy atom. The SMILES string of the molecule is O=C1c2cccc3cccc(c23)C(=O)N1CCN1CCN(C[C@@H](O)COc2ccccc2[N+](=O)[O-])CC1. The molecule has 192 valence electrons. The highest BCUT2D eigenvalue weighted by Crippen LogP contribution is 2.30. The van der Waals surface area contributed by atoms with Crippen LogP contribution in [0, 0.1) is 10.1 Å². The van der Waals surface area contributed by atoms with Gasteiger partial charge in [0.25, 0.3) is 11.8 Å². The molecule has 0 unspecified atom stereocenters. The third-order valence-electron chi connectivity index (χ3n) is 6.92. The molecule has 10 heteroatoms. The fourth-order valence-electron chi connectivity index (χ4n) is 4.99. The number of carbonyl (C=O) groups excluding carboxylic acids is 2. The summed E-state index contributed by atoms with van der Waals surface area (Å²) >= 11 is 0. The molecule has 0 aromatic heterocycles. The van der Waals surface area contributed by atoms with Crippen LogP contribution in [0.1, 0.15) is 20.7 Å². The van der Waals surface area contributed by atoms with Crippen molar-refractivity contribution >= 4 is 28.3 Å². The van der Waals surface area contributed by atoms with Gasteiger partial charge in [-0.2, -0.15) is 0 Å². The Balaban J connectivity index is 1.10. The number of nitrogens with zero attached hydrogens (tertiary/aromatic N) is 4. The molecule has 2 amide bonds.